The van der Waals surface area contributed by atoms with Gasteiger partial charge in [0.15, 0.2) is 5.69 Å². The molecule has 2 aliphatic heterocycles. The summed E-state index contributed by atoms with van der Waals surface area (Å²) < 4.78 is 7.25. The number of rotatable bonds is 8. The fourth-order valence-electron chi connectivity index (χ4n) is 4.15. The Hall–Kier alpha value is -2.36. The number of hydrogen-bond donors (Lipinski definition) is 1. The van der Waals surface area contributed by atoms with Gasteiger partial charge in [-0.05, 0) is 43.6 Å². The molecular weight excluding hydrogens is 382 g/mol. The number of hydrogen-bond acceptors (Lipinski definition) is 7. The monoisotopic (exact) mass is 413 g/mol. The maximum Gasteiger partial charge on any atom is 0.273 e. The molecule has 2 aliphatic rings. The molecule has 0 radical (unpaired) electrons. The molecule has 1 N–H and O–H groups in total. The molecule has 0 spiro atoms. The fraction of sp³-hybridized carbons (Fsp3) is 0.619. The van der Waals surface area contributed by atoms with Crippen LogP contribution in [-0.4, -0.2) is 88.2 Å². The minimum Gasteiger partial charge on any atom is -0.379 e. The third-order valence-electron chi connectivity index (χ3n) is 5.90. The summed E-state index contributed by atoms with van der Waals surface area (Å²) >= 11 is 0. The Bertz CT molecular complexity index is 786. The van der Waals surface area contributed by atoms with Crippen LogP contribution in [0.2, 0.25) is 0 Å². The lowest BCUT2D eigenvalue weighted by Gasteiger charge is -2.34. The highest BCUT2D eigenvalue weighted by molar-refractivity contribution is 5.91. The van der Waals surface area contributed by atoms with Crippen LogP contribution in [0.4, 0.5) is 0 Å². The molecule has 1 amide bonds. The molecule has 1 atom stereocenters. The zero-order chi connectivity index (χ0) is 20.6. The van der Waals surface area contributed by atoms with E-state index in [1.165, 1.54) is 19.3 Å². The van der Waals surface area contributed by atoms with Crippen LogP contribution < -0.4 is 5.32 Å². The predicted octanol–water partition coefficient (Wildman–Crippen LogP) is 0.962. The van der Waals surface area contributed by atoms with Crippen molar-refractivity contribution in [1.82, 2.24) is 35.1 Å². The van der Waals surface area contributed by atoms with E-state index in [-0.39, 0.29) is 11.9 Å². The second-order valence-corrected chi connectivity index (χ2v) is 7.92. The van der Waals surface area contributed by atoms with Crippen molar-refractivity contribution in [2.45, 2.75) is 31.8 Å². The molecule has 2 aromatic heterocycles. The van der Waals surface area contributed by atoms with Crippen molar-refractivity contribution in [1.29, 1.82) is 0 Å². The van der Waals surface area contributed by atoms with Crippen LogP contribution in [0.3, 0.4) is 0 Å². The Morgan fingerprint density at radius 3 is 2.60 bits per heavy atom. The first-order chi connectivity index (χ1) is 14.8. The third kappa shape index (κ3) is 5.62. The number of pyridine rings is 1. The van der Waals surface area contributed by atoms with E-state index in [1.807, 2.05) is 12.1 Å². The van der Waals surface area contributed by atoms with Gasteiger partial charge in [0.1, 0.15) is 0 Å². The molecule has 2 fully saturated rings. The summed E-state index contributed by atoms with van der Waals surface area (Å²) in [6.07, 6.45) is 9.20. The Morgan fingerprint density at radius 2 is 1.83 bits per heavy atom. The van der Waals surface area contributed by atoms with E-state index in [1.54, 1.807) is 23.3 Å². The molecule has 0 aromatic carbocycles. The Morgan fingerprint density at radius 1 is 1.07 bits per heavy atom. The second kappa shape index (κ2) is 10.6. The van der Waals surface area contributed by atoms with Crippen LogP contribution >= 0.6 is 0 Å². The average molecular weight is 414 g/mol. The molecule has 1 unspecified atom stereocenters. The molecule has 2 aromatic rings. The summed E-state index contributed by atoms with van der Waals surface area (Å²) in [4.78, 5) is 21.6. The van der Waals surface area contributed by atoms with Gasteiger partial charge in [-0.15, -0.1) is 5.10 Å². The van der Waals surface area contributed by atoms with Crippen molar-refractivity contribution in [3.8, 4) is 0 Å². The molecule has 9 nitrogen and oxygen atoms in total. The summed E-state index contributed by atoms with van der Waals surface area (Å²) in [6.45, 7) is 7.62. The van der Waals surface area contributed by atoms with Gasteiger partial charge < -0.3 is 15.0 Å². The number of nitrogens with zero attached hydrogens (tertiary/aromatic N) is 6. The van der Waals surface area contributed by atoms with Crippen LogP contribution in [0.15, 0.2) is 30.7 Å². The minimum absolute atomic E-state index is 0.0787. The maximum atomic E-state index is 12.7. The highest BCUT2D eigenvalue weighted by Crippen LogP contribution is 2.20. The molecule has 2 saturated heterocycles. The average Bonchev–Trinajstić information content (AvgIpc) is 3.29. The predicted molar refractivity (Wildman–Crippen MR) is 112 cm³/mol. The molecule has 0 bridgehead atoms. The van der Waals surface area contributed by atoms with E-state index in [2.05, 4.69) is 30.4 Å². The van der Waals surface area contributed by atoms with Gasteiger partial charge in [-0.2, -0.15) is 0 Å². The molecule has 30 heavy (non-hydrogen) atoms. The van der Waals surface area contributed by atoms with Gasteiger partial charge in [0.25, 0.3) is 5.91 Å². The highest BCUT2D eigenvalue weighted by Gasteiger charge is 2.24. The number of carbonyl (C=O) groups is 1. The van der Waals surface area contributed by atoms with Gasteiger partial charge in [-0.3, -0.25) is 19.4 Å². The van der Waals surface area contributed by atoms with Crippen molar-refractivity contribution >= 4 is 5.91 Å². The molecule has 9 heteroatoms. The number of amides is 1. The zero-order valence-corrected chi connectivity index (χ0v) is 17.4. The van der Waals surface area contributed by atoms with Crippen LogP contribution in [0, 0.1) is 0 Å². The summed E-state index contributed by atoms with van der Waals surface area (Å²) in [5, 5.41) is 11.3. The first-order valence-corrected chi connectivity index (χ1v) is 10.9. The first-order valence-electron chi connectivity index (χ1n) is 10.9. The lowest BCUT2D eigenvalue weighted by Crippen LogP contribution is -2.43. The summed E-state index contributed by atoms with van der Waals surface area (Å²) in [5.74, 6) is -0.188. The molecule has 4 heterocycles. The third-order valence-corrected chi connectivity index (χ3v) is 5.90. The van der Waals surface area contributed by atoms with Crippen LogP contribution in [0.25, 0.3) is 0 Å². The number of carbonyl (C=O) groups excluding carboxylic acids is 1. The summed E-state index contributed by atoms with van der Waals surface area (Å²) in [6, 6.07) is 4.08. The van der Waals surface area contributed by atoms with Crippen molar-refractivity contribution < 1.29 is 9.53 Å². The van der Waals surface area contributed by atoms with Crippen molar-refractivity contribution in [2.75, 3.05) is 52.5 Å². The Labute approximate surface area is 177 Å². The van der Waals surface area contributed by atoms with E-state index in [0.717, 1.165) is 44.8 Å². The smallest absolute Gasteiger partial charge is 0.273 e. The Kier molecular flexibility index (Phi) is 7.39. The number of piperidine rings is 1. The van der Waals surface area contributed by atoms with Crippen LogP contribution in [-0.2, 0) is 11.3 Å². The van der Waals surface area contributed by atoms with E-state index < -0.39 is 0 Å². The minimum atomic E-state index is -0.188. The van der Waals surface area contributed by atoms with Crippen molar-refractivity contribution in [3.05, 3.63) is 42.0 Å². The summed E-state index contributed by atoms with van der Waals surface area (Å²) in [7, 11) is 0. The van der Waals surface area contributed by atoms with E-state index >= 15 is 0 Å². The number of aromatic nitrogens is 4. The van der Waals surface area contributed by atoms with Gasteiger partial charge in [0.05, 0.1) is 32.0 Å². The standard InChI is InChI=1S/C21H31N7O2/c29-21(19-17-28(25-24-19)11-10-26-8-2-1-3-9-26)23-16-20(18-4-6-22-7-5-18)27-12-14-30-15-13-27/h4-7,17,20H,1-3,8-16H2,(H,23,29). The zero-order valence-electron chi connectivity index (χ0n) is 17.4. The van der Waals surface area contributed by atoms with E-state index in [0.29, 0.717) is 25.5 Å². The molecule has 0 aliphatic carbocycles. The molecule has 162 valence electrons. The van der Waals surface area contributed by atoms with Gasteiger partial charge in [0.2, 0.25) is 0 Å². The van der Waals surface area contributed by atoms with Gasteiger partial charge in [-0.1, -0.05) is 11.6 Å². The van der Waals surface area contributed by atoms with E-state index in [4.69, 9.17) is 4.74 Å². The number of morpholine rings is 1. The Balaban J connectivity index is 1.32. The van der Waals surface area contributed by atoms with Crippen molar-refractivity contribution in [3.63, 3.8) is 0 Å². The molecule has 4 rings (SSSR count). The normalized spacial score (nSPS) is 19.5. The molecule has 0 saturated carbocycles. The maximum absolute atomic E-state index is 12.7. The highest BCUT2D eigenvalue weighted by atomic mass is 16.5. The largest absolute Gasteiger partial charge is 0.379 e. The van der Waals surface area contributed by atoms with Crippen LogP contribution in [0.1, 0.15) is 41.4 Å². The first kappa shape index (κ1) is 20.9. The van der Waals surface area contributed by atoms with E-state index in [9.17, 15) is 4.79 Å². The molecular formula is C21H31N7O2. The summed E-state index contributed by atoms with van der Waals surface area (Å²) in [5.41, 5.74) is 1.50. The quantitative estimate of drug-likeness (QED) is 0.690. The number of likely N-dealkylation sites (tertiary alicyclic amines) is 1. The number of nitrogens with one attached hydrogen (secondary N) is 1. The lowest BCUT2D eigenvalue weighted by molar-refractivity contribution is 0.0162. The van der Waals surface area contributed by atoms with Gasteiger partial charge >= 0.3 is 0 Å². The number of ether oxygens (including phenoxy) is 1. The second-order valence-electron chi connectivity index (χ2n) is 7.92. The van der Waals surface area contributed by atoms with Gasteiger partial charge in [0, 0.05) is 38.6 Å². The van der Waals surface area contributed by atoms with Crippen LogP contribution in [0.5, 0.6) is 0 Å². The fourth-order valence-corrected chi connectivity index (χ4v) is 4.15. The lowest BCUT2D eigenvalue weighted by atomic mass is 10.1. The van der Waals surface area contributed by atoms with Crippen molar-refractivity contribution in [2.24, 2.45) is 0 Å². The van der Waals surface area contributed by atoms with Gasteiger partial charge in [-0.25, -0.2) is 0 Å². The SMILES string of the molecule is O=C(NCC(c1ccncc1)N1CCOCC1)c1cn(CCN2CCCCC2)nn1. The topological polar surface area (TPSA) is 88.4 Å².